The highest BCUT2D eigenvalue weighted by Gasteiger charge is 2.15. The van der Waals surface area contributed by atoms with E-state index in [0.717, 1.165) is 21.8 Å². The van der Waals surface area contributed by atoms with Crippen LogP contribution < -0.4 is 0 Å². The summed E-state index contributed by atoms with van der Waals surface area (Å²) in [6.07, 6.45) is 0. The Morgan fingerprint density at radius 3 is 2.40 bits per heavy atom. The zero-order chi connectivity index (χ0) is 14.4. The van der Waals surface area contributed by atoms with Crippen molar-refractivity contribution in [2.45, 2.75) is 18.4 Å². The zero-order valence-electron chi connectivity index (χ0n) is 11.9. The molecule has 0 radical (unpaired) electrons. The summed E-state index contributed by atoms with van der Waals surface area (Å²) in [7, 11) is 1.85. The van der Waals surface area contributed by atoms with Crippen molar-refractivity contribution >= 4 is 17.7 Å². The molecule has 0 aliphatic carbocycles. The lowest BCUT2D eigenvalue weighted by molar-refractivity contribution is 0.0781. The van der Waals surface area contributed by atoms with E-state index in [4.69, 9.17) is 0 Å². The van der Waals surface area contributed by atoms with Gasteiger partial charge in [0.05, 0.1) is 5.56 Å². The van der Waals surface area contributed by atoms with Crippen LogP contribution in [0.15, 0.2) is 59.5 Å². The molecule has 104 valence electrons. The van der Waals surface area contributed by atoms with Gasteiger partial charge >= 0.3 is 0 Å². The molecule has 2 aromatic carbocycles. The Morgan fingerprint density at radius 2 is 1.70 bits per heavy atom. The Hall–Kier alpha value is -1.74. The minimum atomic E-state index is 0.0744. The molecule has 0 saturated carbocycles. The van der Waals surface area contributed by atoms with Gasteiger partial charge in [0.25, 0.3) is 5.91 Å². The summed E-state index contributed by atoms with van der Waals surface area (Å²) in [4.78, 5) is 15.4. The molecule has 2 rings (SSSR count). The summed E-state index contributed by atoms with van der Waals surface area (Å²) in [6.45, 7) is 2.73. The fourth-order valence-electron chi connectivity index (χ4n) is 2.06. The van der Waals surface area contributed by atoms with Gasteiger partial charge in [0.1, 0.15) is 0 Å². The molecule has 0 saturated heterocycles. The van der Waals surface area contributed by atoms with E-state index in [1.54, 1.807) is 16.7 Å². The molecule has 1 amide bonds. The van der Waals surface area contributed by atoms with Gasteiger partial charge in [0.15, 0.2) is 0 Å². The molecule has 0 unspecified atom stereocenters. The fourth-order valence-corrected chi connectivity index (χ4v) is 2.86. The molecule has 0 spiro atoms. The predicted molar refractivity (Wildman–Crippen MR) is 85.1 cm³/mol. The van der Waals surface area contributed by atoms with E-state index < -0.39 is 0 Å². The first-order valence-corrected chi connectivity index (χ1v) is 7.72. The number of carbonyl (C=O) groups is 1. The van der Waals surface area contributed by atoms with Gasteiger partial charge in [-0.15, -0.1) is 11.8 Å². The maximum Gasteiger partial charge on any atom is 0.255 e. The minimum absolute atomic E-state index is 0.0744. The van der Waals surface area contributed by atoms with E-state index in [0.29, 0.717) is 6.54 Å². The second-order valence-corrected chi connectivity index (χ2v) is 5.88. The average molecular weight is 285 g/mol. The highest BCUT2D eigenvalue weighted by atomic mass is 32.2. The second kappa shape index (κ2) is 7.15. The number of hydrogen-bond acceptors (Lipinski definition) is 2. The van der Waals surface area contributed by atoms with Crippen molar-refractivity contribution in [1.29, 1.82) is 0 Å². The third-order valence-electron chi connectivity index (χ3n) is 3.03. The molecule has 0 aromatic heterocycles. The van der Waals surface area contributed by atoms with Crippen molar-refractivity contribution in [3.63, 3.8) is 0 Å². The zero-order valence-corrected chi connectivity index (χ0v) is 12.7. The normalized spacial score (nSPS) is 10.3. The van der Waals surface area contributed by atoms with Crippen molar-refractivity contribution in [2.24, 2.45) is 0 Å². The summed E-state index contributed by atoms with van der Waals surface area (Å²) in [5.41, 5.74) is 1.93. The molecule has 0 aliphatic heterocycles. The molecule has 3 heteroatoms. The van der Waals surface area contributed by atoms with Crippen LogP contribution in [0, 0.1) is 0 Å². The first-order valence-electron chi connectivity index (χ1n) is 6.73. The van der Waals surface area contributed by atoms with Gasteiger partial charge in [-0.3, -0.25) is 4.79 Å². The van der Waals surface area contributed by atoms with Crippen LogP contribution in [-0.2, 0) is 6.54 Å². The van der Waals surface area contributed by atoms with Crippen molar-refractivity contribution in [3.8, 4) is 0 Å². The number of rotatable bonds is 5. The summed E-state index contributed by atoms with van der Waals surface area (Å²) >= 11 is 1.71. The molecule has 0 heterocycles. The number of hydrogen-bond donors (Lipinski definition) is 0. The lowest BCUT2D eigenvalue weighted by atomic mass is 10.1. The van der Waals surface area contributed by atoms with Gasteiger partial charge < -0.3 is 4.90 Å². The molecular weight excluding hydrogens is 266 g/mol. The predicted octanol–water partition coefficient (Wildman–Crippen LogP) is 4.07. The SMILES string of the molecule is CCSc1ccccc1C(=O)N(C)Cc1ccccc1. The van der Waals surface area contributed by atoms with Crippen LogP contribution >= 0.6 is 11.8 Å². The highest BCUT2D eigenvalue weighted by Crippen LogP contribution is 2.23. The molecule has 0 bridgehead atoms. The Bertz CT molecular complexity index is 568. The van der Waals surface area contributed by atoms with Crippen LogP contribution in [0.4, 0.5) is 0 Å². The van der Waals surface area contributed by atoms with Gasteiger partial charge in [-0.2, -0.15) is 0 Å². The Morgan fingerprint density at radius 1 is 1.05 bits per heavy atom. The van der Waals surface area contributed by atoms with Crippen LogP contribution in [0.25, 0.3) is 0 Å². The number of amides is 1. The van der Waals surface area contributed by atoms with E-state index in [1.807, 2.05) is 61.6 Å². The van der Waals surface area contributed by atoms with Gasteiger partial charge in [0, 0.05) is 18.5 Å². The van der Waals surface area contributed by atoms with E-state index in [-0.39, 0.29) is 5.91 Å². The fraction of sp³-hybridized carbons (Fsp3) is 0.235. The number of carbonyl (C=O) groups excluding carboxylic acids is 1. The minimum Gasteiger partial charge on any atom is -0.337 e. The molecule has 0 N–H and O–H groups in total. The molecule has 2 nitrogen and oxygen atoms in total. The molecular formula is C17H19NOS. The van der Waals surface area contributed by atoms with E-state index in [9.17, 15) is 4.79 Å². The standard InChI is InChI=1S/C17H19NOS/c1-3-20-16-12-8-7-11-15(16)17(19)18(2)13-14-9-5-4-6-10-14/h4-12H,3,13H2,1-2H3. The Labute approximate surface area is 124 Å². The number of nitrogens with zero attached hydrogens (tertiary/aromatic N) is 1. The average Bonchev–Trinajstić information content (AvgIpc) is 2.48. The van der Waals surface area contributed by atoms with E-state index in [2.05, 4.69) is 6.92 Å². The van der Waals surface area contributed by atoms with Gasteiger partial charge in [0.2, 0.25) is 0 Å². The molecule has 0 atom stereocenters. The van der Waals surface area contributed by atoms with Crippen molar-refractivity contribution in [3.05, 3.63) is 65.7 Å². The lowest BCUT2D eigenvalue weighted by Crippen LogP contribution is -2.26. The lowest BCUT2D eigenvalue weighted by Gasteiger charge is -2.19. The van der Waals surface area contributed by atoms with Crippen LogP contribution in [0.5, 0.6) is 0 Å². The van der Waals surface area contributed by atoms with Crippen molar-refractivity contribution in [2.75, 3.05) is 12.8 Å². The summed E-state index contributed by atoms with van der Waals surface area (Å²) in [6, 6.07) is 17.9. The smallest absolute Gasteiger partial charge is 0.255 e. The summed E-state index contributed by atoms with van der Waals surface area (Å²) < 4.78 is 0. The van der Waals surface area contributed by atoms with Crippen LogP contribution in [-0.4, -0.2) is 23.6 Å². The van der Waals surface area contributed by atoms with Crippen molar-refractivity contribution < 1.29 is 4.79 Å². The third kappa shape index (κ3) is 3.64. The maximum atomic E-state index is 12.6. The third-order valence-corrected chi connectivity index (χ3v) is 3.98. The largest absolute Gasteiger partial charge is 0.337 e. The summed E-state index contributed by atoms with van der Waals surface area (Å²) in [5, 5.41) is 0. The van der Waals surface area contributed by atoms with Gasteiger partial charge in [-0.05, 0) is 23.4 Å². The Kier molecular flexibility index (Phi) is 5.24. The van der Waals surface area contributed by atoms with E-state index >= 15 is 0 Å². The van der Waals surface area contributed by atoms with Gasteiger partial charge in [-0.25, -0.2) is 0 Å². The molecule has 2 aromatic rings. The molecule has 0 aliphatic rings. The molecule has 0 fully saturated rings. The number of benzene rings is 2. The molecule has 20 heavy (non-hydrogen) atoms. The van der Waals surface area contributed by atoms with Gasteiger partial charge in [-0.1, -0.05) is 49.4 Å². The summed E-state index contributed by atoms with van der Waals surface area (Å²) in [5.74, 6) is 1.04. The topological polar surface area (TPSA) is 20.3 Å². The van der Waals surface area contributed by atoms with Crippen LogP contribution in [0.2, 0.25) is 0 Å². The quantitative estimate of drug-likeness (QED) is 0.772. The second-order valence-electron chi connectivity index (χ2n) is 4.58. The highest BCUT2D eigenvalue weighted by molar-refractivity contribution is 7.99. The monoisotopic (exact) mass is 285 g/mol. The van der Waals surface area contributed by atoms with Crippen molar-refractivity contribution in [1.82, 2.24) is 4.90 Å². The number of thioether (sulfide) groups is 1. The van der Waals surface area contributed by atoms with Crippen LogP contribution in [0.1, 0.15) is 22.8 Å². The first kappa shape index (κ1) is 14.7. The first-order chi connectivity index (χ1) is 9.72. The van der Waals surface area contributed by atoms with Crippen LogP contribution in [0.3, 0.4) is 0 Å². The van der Waals surface area contributed by atoms with E-state index in [1.165, 1.54) is 0 Å². The maximum absolute atomic E-state index is 12.6. The Balaban J connectivity index is 2.14.